The van der Waals surface area contributed by atoms with Gasteiger partial charge in [0.05, 0.1) is 17.2 Å². The van der Waals surface area contributed by atoms with Crippen LogP contribution in [0.2, 0.25) is 0 Å². The molecule has 5 heteroatoms. The summed E-state index contributed by atoms with van der Waals surface area (Å²) in [5.41, 5.74) is 1.26. The quantitative estimate of drug-likeness (QED) is 0.577. The average Bonchev–Trinajstić information content (AvgIpc) is 2.60. The van der Waals surface area contributed by atoms with Crippen LogP contribution in [0.25, 0.3) is 0 Å². The number of anilines is 1. The molecule has 0 bridgehead atoms. The molecule has 2 rings (SSSR count). The van der Waals surface area contributed by atoms with Crippen LogP contribution >= 0.6 is 15.9 Å². The van der Waals surface area contributed by atoms with Crippen LogP contribution in [0.1, 0.15) is 44.5 Å². The molecule has 0 saturated heterocycles. The van der Waals surface area contributed by atoms with E-state index < -0.39 is 0 Å². The third kappa shape index (κ3) is 6.06. The fraction of sp³-hybridized carbons (Fsp3) is 0.381. The minimum absolute atomic E-state index is 0.135. The molecule has 2 aromatic rings. The van der Waals surface area contributed by atoms with E-state index in [9.17, 15) is 4.79 Å². The molecular formula is C21H26BrNO3. The zero-order valence-electron chi connectivity index (χ0n) is 15.7. The standard InChI is InChI=1S/C21H26BrNO3/c1-5-15(4)26-18-8-6-7-17(12-18)23-21(24)16-9-10-20(19(22)11-16)25-13-14(2)3/h6-12,14-15H,5,13H2,1-4H3,(H,23,24). The summed E-state index contributed by atoms with van der Waals surface area (Å²) in [5.74, 6) is 1.74. The Morgan fingerprint density at radius 2 is 1.92 bits per heavy atom. The summed E-state index contributed by atoms with van der Waals surface area (Å²) in [6.07, 6.45) is 1.06. The summed E-state index contributed by atoms with van der Waals surface area (Å²) in [4.78, 5) is 12.5. The second-order valence-corrected chi connectivity index (χ2v) is 7.52. The van der Waals surface area contributed by atoms with Gasteiger partial charge in [0.15, 0.2) is 0 Å². The molecule has 4 nitrogen and oxygen atoms in total. The predicted octanol–water partition coefficient (Wildman–Crippen LogP) is 5.91. The largest absolute Gasteiger partial charge is 0.492 e. The molecular weight excluding hydrogens is 394 g/mol. The molecule has 26 heavy (non-hydrogen) atoms. The van der Waals surface area contributed by atoms with Gasteiger partial charge in [-0.3, -0.25) is 4.79 Å². The molecule has 0 spiro atoms. The zero-order valence-corrected chi connectivity index (χ0v) is 17.3. The number of hydrogen-bond donors (Lipinski definition) is 1. The van der Waals surface area contributed by atoms with Crippen LogP contribution in [0, 0.1) is 5.92 Å². The molecule has 2 aromatic carbocycles. The van der Waals surface area contributed by atoms with Gasteiger partial charge in [-0.2, -0.15) is 0 Å². The molecule has 0 radical (unpaired) electrons. The molecule has 0 saturated carbocycles. The molecule has 0 aliphatic carbocycles. The van der Waals surface area contributed by atoms with E-state index in [1.807, 2.05) is 37.3 Å². The second-order valence-electron chi connectivity index (χ2n) is 6.67. The molecule has 140 valence electrons. The topological polar surface area (TPSA) is 47.6 Å². The van der Waals surface area contributed by atoms with Crippen LogP contribution < -0.4 is 14.8 Å². The fourth-order valence-corrected chi connectivity index (χ4v) is 2.67. The summed E-state index contributed by atoms with van der Waals surface area (Å²) in [7, 11) is 0. The molecule has 1 unspecified atom stereocenters. The summed E-state index contributed by atoms with van der Waals surface area (Å²) in [5, 5.41) is 2.91. The number of halogens is 1. The van der Waals surface area contributed by atoms with Crippen LogP contribution in [0.15, 0.2) is 46.9 Å². The molecule has 0 heterocycles. The Balaban J connectivity index is 2.05. The highest BCUT2D eigenvalue weighted by Crippen LogP contribution is 2.27. The molecule has 0 aromatic heterocycles. The fourth-order valence-electron chi connectivity index (χ4n) is 2.18. The Hall–Kier alpha value is -2.01. The van der Waals surface area contributed by atoms with E-state index in [2.05, 4.69) is 42.0 Å². The molecule has 0 fully saturated rings. The number of carbonyl (C=O) groups is 1. The molecule has 1 atom stereocenters. The van der Waals surface area contributed by atoms with Crippen LogP contribution in [-0.2, 0) is 0 Å². The van der Waals surface area contributed by atoms with Crippen molar-refractivity contribution in [3.05, 3.63) is 52.5 Å². The molecule has 1 N–H and O–H groups in total. The van der Waals surface area contributed by atoms with Crippen molar-refractivity contribution in [2.75, 3.05) is 11.9 Å². The van der Waals surface area contributed by atoms with Gasteiger partial charge in [-0.25, -0.2) is 0 Å². The van der Waals surface area contributed by atoms with Crippen LogP contribution in [0.4, 0.5) is 5.69 Å². The van der Waals surface area contributed by atoms with Crippen LogP contribution in [0.3, 0.4) is 0 Å². The van der Waals surface area contributed by atoms with Gasteiger partial charge in [-0.1, -0.05) is 26.8 Å². The third-order valence-electron chi connectivity index (χ3n) is 3.77. The Morgan fingerprint density at radius 1 is 1.15 bits per heavy atom. The Morgan fingerprint density at radius 3 is 2.58 bits per heavy atom. The first-order chi connectivity index (χ1) is 12.4. The van der Waals surface area contributed by atoms with Crippen molar-refractivity contribution in [1.29, 1.82) is 0 Å². The Bertz CT molecular complexity index is 746. The predicted molar refractivity (Wildman–Crippen MR) is 109 cm³/mol. The van der Waals surface area contributed by atoms with Gasteiger partial charge in [0.25, 0.3) is 5.91 Å². The van der Waals surface area contributed by atoms with Crippen molar-refractivity contribution < 1.29 is 14.3 Å². The second kappa shape index (κ2) is 9.62. The minimum Gasteiger partial charge on any atom is -0.492 e. The van der Waals surface area contributed by atoms with Gasteiger partial charge in [-0.05, 0) is 65.5 Å². The first-order valence-electron chi connectivity index (χ1n) is 8.89. The monoisotopic (exact) mass is 419 g/mol. The summed E-state index contributed by atoms with van der Waals surface area (Å²) in [6, 6.07) is 12.8. The number of benzene rings is 2. The average molecular weight is 420 g/mol. The number of ether oxygens (including phenoxy) is 2. The Labute approximate surface area is 164 Å². The lowest BCUT2D eigenvalue weighted by Crippen LogP contribution is -2.13. The number of carbonyl (C=O) groups excluding carboxylic acids is 1. The first kappa shape index (κ1) is 20.3. The van der Waals surface area contributed by atoms with Gasteiger partial charge in [-0.15, -0.1) is 0 Å². The number of amides is 1. The van der Waals surface area contributed by atoms with E-state index in [0.29, 0.717) is 23.8 Å². The van der Waals surface area contributed by atoms with Gasteiger partial charge in [0, 0.05) is 17.3 Å². The third-order valence-corrected chi connectivity index (χ3v) is 4.39. The maximum Gasteiger partial charge on any atom is 0.255 e. The van der Waals surface area contributed by atoms with E-state index in [1.165, 1.54) is 0 Å². The summed E-state index contributed by atoms with van der Waals surface area (Å²) in [6.45, 7) is 8.91. The maximum atomic E-state index is 12.5. The van der Waals surface area contributed by atoms with Gasteiger partial charge >= 0.3 is 0 Å². The number of nitrogens with one attached hydrogen (secondary N) is 1. The van der Waals surface area contributed by atoms with E-state index in [4.69, 9.17) is 9.47 Å². The number of rotatable bonds is 8. The van der Waals surface area contributed by atoms with Crippen molar-refractivity contribution in [2.45, 2.75) is 40.2 Å². The van der Waals surface area contributed by atoms with Crippen molar-refractivity contribution in [3.63, 3.8) is 0 Å². The minimum atomic E-state index is -0.179. The van der Waals surface area contributed by atoms with Crippen molar-refractivity contribution in [3.8, 4) is 11.5 Å². The Kier molecular flexibility index (Phi) is 7.51. The zero-order chi connectivity index (χ0) is 19.1. The first-order valence-corrected chi connectivity index (χ1v) is 9.68. The molecule has 0 aliphatic heterocycles. The van der Waals surface area contributed by atoms with E-state index in [0.717, 1.165) is 22.4 Å². The highest BCUT2D eigenvalue weighted by Gasteiger charge is 2.11. The van der Waals surface area contributed by atoms with Crippen molar-refractivity contribution in [1.82, 2.24) is 0 Å². The van der Waals surface area contributed by atoms with Crippen molar-refractivity contribution >= 4 is 27.5 Å². The van der Waals surface area contributed by atoms with Gasteiger partial charge in [0.2, 0.25) is 0 Å². The van der Waals surface area contributed by atoms with Crippen molar-refractivity contribution in [2.24, 2.45) is 5.92 Å². The maximum absolute atomic E-state index is 12.5. The normalized spacial score (nSPS) is 11.9. The van der Waals surface area contributed by atoms with E-state index in [-0.39, 0.29) is 12.0 Å². The summed E-state index contributed by atoms with van der Waals surface area (Å²) < 4.78 is 12.3. The molecule has 0 aliphatic rings. The number of hydrogen-bond acceptors (Lipinski definition) is 3. The van der Waals surface area contributed by atoms with Crippen LogP contribution in [0.5, 0.6) is 11.5 Å². The SMILES string of the molecule is CCC(C)Oc1cccc(NC(=O)c2ccc(OCC(C)C)c(Br)c2)c1. The lowest BCUT2D eigenvalue weighted by molar-refractivity contribution is 0.102. The van der Waals surface area contributed by atoms with E-state index >= 15 is 0 Å². The van der Waals surface area contributed by atoms with E-state index in [1.54, 1.807) is 12.1 Å². The molecule has 1 amide bonds. The smallest absolute Gasteiger partial charge is 0.255 e. The van der Waals surface area contributed by atoms with Crippen LogP contribution in [-0.4, -0.2) is 18.6 Å². The lowest BCUT2D eigenvalue weighted by Gasteiger charge is -2.14. The highest BCUT2D eigenvalue weighted by atomic mass is 79.9. The van der Waals surface area contributed by atoms with Gasteiger partial charge < -0.3 is 14.8 Å². The highest BCUT2D eigenvalue weighted by molar-refractivity contribution is 9.10. The summed E-state index contributed by atoms with van der Waals surface area (Å²) >= 11 is 3.47. The van der Waals surface area contributed by atoms with Gasteiger partial charge in [0.1, 0.15) is 11.5 Å². The lowest BCUT2D eigenvalue weighted by atomic mass is 10.2.